The quantitative estimate of drug-likeness (QED) is 0.764. The number of thioether (sulfide) groups is 1. The van der Waals surface area contributed by atoms with E-state index in [-0.39, 0.29) is 18.2 Å². The van der Waals surface area contributed by atoms with Crippen molar-refractivity contribution in [3.05, 3.63) is 0 Å². The van der Waals surface area contributed by atoms with Crippen molar-refractivity contribution < 1.29 is 14.7 Å². The molecule has 1 aliphatic rings. The molecule has 1 rings (SSSR count). The van der Waals surface area contributed by atoms with Crippen LogP contribution in [0.4, 0.5) is 0 Å². The van der Waals surface area contributed by atoms with Crippen molar-refractivity contribution in [3.8, 4) is 0 Å². The third-order valence-electron chi connectivity index (χ3n) is 2.86. The van der Waals surface area contributed by atoms with Crippen LogP contribution >= 0.6 is 11.8 Å². The van der Waals surface area contributed by atoms with Gasteiger partial charge in [-0.2, -0.15) is 11.8 Å². The SMILES string of the molecule is CC(CC(=O)O)CC(=O)NCC1CCCCS1. The lowest BCUT2D eigenvalue weighted by molar-refractivity contribution is -0.138. The maximum atomic E-state index is 11.6. The molecule has 0 saturated carbocycles. The molecule has 98 valence electrons. The Morgan fingerprint density at radius 3 is 2.76 bits per heavy atom. The van der Waals surface area contributed by atoms with Crippen LogP contribution in [-0.2, 0) is 9.59 Å². The topological polar surface area (TPSA) is 66.4 Å². The van der Waals surface area contributed by atoms with Crippen molar-refractivity contribution >= 4 is 23.6 Å². The van der Waals surface area contributed by atoms with Gasteiger partial charge in [0.05, 0.1) is 0 Å². The number of hydrogen-bond donors (Lipinski definition) is 2. The molecule has 2 N–H and O–H groups in total. The zero-order valence-electron chi connectivity index (χ0n) is 10.3. The number of rotatable bonds is 6. The highest BCUT2D eigenvalue weighted by molar-refractivity contribution is 7.99. The number of carbonyl (C=O) groups is 2. The van der Waals surface area contributed by atoms with Crippen LogP contribution in [0.2, 0.25) is 0 Å². The van der Waals surface area contributed by atoms with Gasteiger partial charge in [-0.15, -0.1) is 0 Å². The van der Waals surface area contributed by atoms with Crippen LogP contribution in [0, 0.1) is 5.92 Å². The number of carbonyl (C=O) groups excluding carboxylic acids is 1. The molecule has 2 atom stereocenters. The molecular formula is C12H21NO3S. The van der Waals surface area contributed by atoms with Crippen molar-refractivity contribution in [1.29, 1.82) is 0 Å². The molecule has 1 fully saturated rings. The molecule has 0 bridgehead atoms. The fourth-order valence-corrected chi connectivity index (χ4v) is 3.19. The van der Waals surface area contributed by atoms with Gasteiger partial charge in [-0.05, 0) is 24.5 Å². The van der Waals surface area contributed by atoms with Crippen molar-refractivity contribution in [2.45, 2.75) is 44.3 Å². The molecule has 1 amide bonds. The maximum Gasteiger partial charge on any atom is 0.303 e. The van der Waals surface area contributed by atoms with Crippen LogP contribution in [0.5, 0.6) is 0 Å². The van der Waals surface area contributed by atoms with E-state index in [0.29, 0.717) is 11.7 Å². The molecule has 1 saturated heterocycles. The molecule has 0 spiro atoms. The molecule has 1 heterocycles. The molecule has 0 aromatic carbocycles. The lowest BCUT2D eigenvalue weighted by Gasteiger charge is -2.21. The first kappa shape index (κ1) is 14.4. The van der Waals surface area contributed by atoms with E-state index in [4.69, 9.17) is 5.11 Å². The summed E-state index contributed by atoms with van der Waals surface area (Å²) in [5, 5.41) is 12.0. The second-order valence-corrected chi connectivity index (χ2v) is 6.11. The minimum absolute atomic E-state index is 0.0232. The van der Waals surface area contributed by atoms with Gasteiger partial charge < -0.3 is 10.4 Å². The Morgan fingerprint density at radius 2 is 2.18 bits per heavy atom. The first-order valence-corrected chi connectivity index (χ1v) is 7.23. The van der Waals surface area contributed by atoms with Crippen molar-refractivity contribution in [2.75, 3.05) is 12.3 Å². The van der Waals surface area contributed by atoms with Crippen molar-refractivity contribution in [1.82, 2.24) is 5.32 Å². The second-order valence-electron chi connectivity index (χ2n) is 4.70. The van der Waals surface area contributed by atoms with Crippen molar-refractivity contribution in [2.24, 2.45) is 5.92 Å². The lowest BCUT2D eigenvalue weighted by Crippen LogP contribution is -2.32. The summed E-state index contributed by atoms with van der Waals surface area (Å²) in [4.78, 5) is 22.0. The molecule has 4 nitrogen and oxygen atoms in total. The van der Waals surface area contributed by atoms with E-state index in [1.807, 2.05) is 11.8 Å². The Balaban J connectivity index is 2.13. The molecule has 0 aliphatic carbocycles. The highest BCUT2D eigenvalue weighted by Crippen LogP contribution is 2.24. The van der Waals surface area contributed by atoms with Gasteiger partial charge in [0.2, 0.25) is 5.91 Å². The second kappa shape index (κ2) is 7.58. The minimum Gasteiger partial charge on any atom is -0.481 e. The summed E-state index contributed by atoms with van der Waals surface area (Å²) >= 11 is 1.93. The van der Waals surface area contributed by atoms with Crippen LogP contribution in [0.25, 0.3) is 0 Å². The van der Waals surface area contributed by atoms with Gasteiger partial charge in [-0.25, -0.2) is 0 Å². The van der Waals surface area contributed by atoms with Crippen LogP contribution in [0.15, 0.2) is 0 Å². The number of carboxylic acid groups (broad SMARTS) is 1. The van der Waals surface area contributed by atoms with Gasteiger partial charge in [-0.3, -0.25) is 9.59 Å². The Hall–Kier alpha value is -0.710. The summed E-state index contributed by atoms with van der Waals surface area (Å²) in [5.41, 5.74) is 0. The van der Waals surface area contributed by atoms with E-state index in [9.17, 15) is 9.59 Å². The van der Waals surface area contributed by atoms with Gasteiger partial charge >= 0.3 is 5.97 Å². The van der Waals surface area contributed by atoms with E-state index in [2.05, 4.69) is 5.32 Å². The Morgan fingerprint density at radius 1 is 1.41 bits per heavy atom. The number of nitrogens with one attached hydrogen (secondary N) is 1. The molecule has 0 aromatic heterocycles. The predicted molar refractivity (Wildman–Crippen MR) is 69.1 cm³/mol. The number of amides is 1. The zero-order chi connectivity index (χ0) is 12.7. The van der Waals surface area contributed by atoms with E-state index < -0.39 is 5.97 Å². The Bertz CT molecular complexity index is 264. The third-order valence-corrected chi connectivity index (χ3v) is 4.26. The summed E-state index contributed by atoms with van der Waals surface area (Å²) in [6.07, 6.45) is 4.08. The number of aliphatic carboxylic acids is 1. The smallest absolute Gasteiger partial charge is 0.303 e. The number of carboxylic acids is 1. The van der Waals surface area contributed by atoms with Crippen LogP contribution in [-0.4, -0.2) is 34.5 Å². The molecular weight excluding hydrogens is 238 g/mol. The van der Waals surface area contributed by atoms with Gasteiger partial charge in [0.1, 0.15) is 0 Å². The Kier molecular flexibility index (Phi) is 6.40. The fourth-order valence-electron chi connectivity index (χ4n) is 1.95. The largest absolute Gasteiger partial charge is 0.481 e. The van der Waals surface area contributed by atoms with E-state index in [0.717, 1.165) is 6.54 Å². The molecule has 1 aliphatic heterocycles. The van der Waals surface area contributed by atoms with E-state index >= 15 is 0 Å². The minimum atomic E-state index is -0.840. The first-order valence-electron chi connectivity index (χ1n) is 6.18. The van der Waals surface area contributed by atoms with Crippen LogP contribution in [0.1, 0.15) is 39.0 Å². The Labute approximate surface area is 107 Å². The monoisotopic (exact) mass is 259 g/mol. The van der Waals surface area contributed by atoms with E-state index in [1.165, 1.54) is 25.0 Å². The van der Waals surface area contributed by atoms with Crippen LogP contribution in [0.3, 0.4) is 0 Å². The van der Waals surface area contributed by atoms with Gasteiger partial charge in [-0.1, -0.05) is 13.3 Å². The predicted octanol–water partition coefficient (Wildman–Crippen LogP) is 1.89. The van der Waals surface area contributed by atoms with Crippen LogP contribution < -0.4 is 5.32 Å². The third kappa shape index (κ3) is 6.56. The molecule has 0 aromatic rings. The summed E-state index contributed by atoms with van der Waals surface area (Å²) < 4.78 is 0. The summed E-state index contributed by atoms with van der Waals surface area (Å²) in [5.74, 6) is 0.236. The highest BCUT2D eigenvalue weighted by Gasteiger charge is 2.16. The maximum absolute atomic E-state index is 11.6. The van der Waals surface area contributed by atoms with E-state index in [1.54, 1.807) is 6.92 Å². The fraction of sp³-hybridized carbons (Fsp3) is 0.833. The average molecular weight is 259 g/mol. The average Bonchev–Trinajstić information content (AvgIpc) is 2.26. The zero-order valence-corrected chi connectivity index (χ0v) is 11.1. The van der Waals surface area contributed by atoms with Gasteiger partial charge in [0.25, 0.3) is 0 Å². The molecule has 5 heteroatoms. The summed E-state index contributed by atoms with van der Waals surface area (Å²) in [6.45, 7) is 2.52. The van der Waals surface area contributed by atoms with Crippen molar-refractivity contribution in [3.63, 3.8) is 0 Å². The highest BCUT2D eigenvalue weighted by atomic mass is 32.2. The molecule has 0 radical (unpaired) electrons. The summed E-state index contributed by atoms with van der Waals surface area (Å²) in [7, 11) is 0. The summed E-state index contributed by atoms with van der Waals surface area (Å²) in [6, 6.07) is 0. The number of hydrogen-bond acceptors (Lipinski definition) is 3. The molecule has 17 heavy (non-hydrogen) atoms. The van der Waals surface area contributed by atoms with Gasteiger partial charge in [0.15, 0.2) is 0 Å². The van der Waals surface area contributed by atoms with Gasteiger partial charge in [0, 0.05) is 24.6 Å². The normalized spacial score (nSPS) is 21.8. The lowest BCUT2D eigenvalue weighted by atomic mass is 10.0. The standard InChI is InChI=1S/C12H21NO3S/c1-9(7-12(15)16)6-11(14)13-8-10-4-2-3-5-17-10/h9-10H,2-8H2,1H3,(H,13,14)(H,15,16). The first-order chi connectivity index (χ1) is 8.08. The molecule has 2 unspecified atom stereocenters.